The van der Waals surface area contributed by atoms with Crippen molar-refractivity contribution in [3.05, 3.63) is 35.6 Å². The molecule has 0 N–H and O–H groups in total. The lowest BCUT2D eigenvalue weighted by molar-refractivity contribution is 0.595. The second-order valence-electron chi connectivity index (χ2n) is 3.89. The Kier molecular flexibility index (Phi) is 2.54. The molecule has 0 bridgehead atoms. The molecule has 1 aliphatic carbocycles. The second-order valence-corrected chi connectivity index (χ2v) is 6.40. The van der Waals surface area contributed by atoms with Crippen LogP contribution in [0.2, 0.25) is 0 Å². The van der Waals surface area contributed by atoms with Crippen LogP contribution in [0.5, 0.6) is 0 Å². The van der Waals surface area contributed by atoms with Crippen molar-refractivity contribution in [2.75, 3.05) is 5.75 Å². The minimum atomic E-state index is -2.96. The van der Waals surface area contributed by atoms with Gasteiger partial charge in [0.2, 0.25) is 0 Å². The Bertz CT molecular complexity index is 467. The number of sulfone groups is 1. The highest BCUT2D eigenvalue weighted by atomic mass is 32.2. The highest BCUT2D eigenvalue weighted by Crippen LogP contribution is 2.46. The van der Waals surface area contributed by atoms with Crippen molar-refractivity contribution in [2.24, 2.45) is 0 Å². The first kappa shape index (κ1) is 10.6. The van der Waals surface area contributed by atoms with Crippen LogP contribution in [0.25, 0.3) is 0 Å². The predicted molar refractivity (Wildman–Crippen MR) is 57.0 cm³/mol. The van der Waals surface area contributed by atoms with Gasteiger partial charge in [-0.1, -0.05) is 19.1 Å². The summed E-state index contributed by atoms with van der Waals surface area (Å²) in [4.78, 5) is 0. The third kappa shape index (κ3) is 2.04. The molecule has 1 saturated carbocycles. The van der Waals surface area contributed by atoms with E-state index in [0.29, 0.717) is 6.42 Å². The topological polar surface area (TPSA) is 34.1 Å². The van der Waals surface area contributed by atoms with Crippen LogP contribution in [-0.2, 0) is 9.84 Å². The van der Waals surface area contributed by atoms with Gasteiger partial charge in [0.25, 0.3) is 0 Å². The molecule has 0 heterocycles. The summed E-state index contributed by atoms with van der Waals surface area (Å²) >= 11 is 0. The van der Waals surface area contributed by atoms with Crippen LogP contribution in [-0.4, -0.2) is 19.4 Å². The van der Waals surface area contributed by atoms with Gasteiger partial charge in [0.15, 0.2) is 9.84 Å². The molecule has 0 radical (unpaired) electrons. The van der Waals surface area contributed by atoms with Crippen molar-refractivity contribution in [3.8, 4) is 0 Å². The fraction of sp³-hybridized carbons (Fsp3) is 0.455. The summed E-state index contributed by atoms with van der Waals surface area (Å²) in [6, 6.07) is 6.21. The van der Waals surface area contributed by atoms with Crippen molar-refractivity contribution < 1.29 is 12.8 Å². The summed E-state index contributed by atoms with van der Waals surface area (Å²) in [6.45, 7) is 1.65. The molecule has 1 aromatic rings. The van der Waals surface area contributed by atoms with Crippen molar-refractivity contribution >= 4 is 9.84 Å². The Morgan fingerprint density at radius 2 is 2.20 bits per heavy atom. The first-order chi connectivity index (χ1) is 7.04. The SMILES string of the molecule is CCS(=O)(=O)[C@H]1C[C@@H]1c1cccc(F)c1. The molecule has 0 aliphatic heterocycles. The number of hydrogen-bond acceptors (Lipinski definition) is 2. The molecule has 2 nitrogen and oxygen atoms in total. The molecule has 1 fully saturated rings. The van der Waals surface area contributed by atoms with E-state index in [9.17, 15) is 12.8 Å². The van der Waals surface area contributed by atoms with E-state index in [1.165, 1.54) is 12.1 Å². The molecular weight excluding hydrogens is 215 g/mol. The molecule has 0 unspecified atom stereocenters. The van der Waals surface area contributed by atoms with Crippen molar-refractivity contribution in [2.45, 2.75) is 24.5 Å². The van der Waals surface area contributed by atoms with Gasteiger partial charge in [-0.15, -0.1) is 0 Å². The van der Waals surface area contributed by atoms with Crippen LogP contribution in [0.3, 0.4) is 0 Å². The molecule has 82 valence electrons. The van der Waals surface area contributed by atoms with Crippen LogP contribution >= 0.6 is 0 Å². The third-order valence-electron chi connectivity index (χ3n) is 2.87. The average molecular weight is 228 g/mol. The largest absolute Gasteiger partial charge is 0.229 e. The summed E-state index contributed by atoms with van der Waals surface area (Å²) in [5, 5.41) is -0.288. The molecular formula is C11H13FO2S. The Morgan fingerprint density at radius 3 is 2.80 bits per heavy atom. The molecule has 2 rings (SSSR count). The maximum atomic E-state index is 12.9. The summed E-state index contributed by atoms with van der Waals surface area (Å²) < 4.78 is 36.0. The summed E-state index contributed by atoms with van der Waals surface area (Å²) in [5.41, 5.74) is 0.803. The maximum Gasteiger partial charge on any atom is 0.153 e. The molecule has 0 saturated heterocycles. The van der Waals surface area contributed by atoms with Crippen LogP contribution in [0.1, 0.15) is 24.8 Å². The van der Waals surface area contributed by atoms with E-state index >= 15 is 0 Å². The van der Waals surface area contributed by atoms with Gasteiger partial charge in [-0.25, -0.2) is 12.8 Å². The summed E-state index contributed by atoms with van der Waals surface area (Å²) in [5.74, 6) is -0.124. The van der Waals surface area contributed by atoms with Gasteiger partial charge >= 0.3 is 0 Å². The molecule has 15 heavy (non-hydrogen) atoms. The summed E-state index contributed by atoms with van der Waals surface area (Å²) in [7, 11) is -2.96. The van der Waals surface area contributed by atoms with E-state index in [-0.39, 0.29) is 22.7 Å². The lowest BCUT2D eigenvalue weighted by atomic mass is 10.1. The van der Waals surface area contributed by atoms with Crippen LogP contribution in [0, 0.1) is 5.82 Å². The second kappa shape index (κ2) is 3.59. The van der Waals surface area contributed by atoms with Crippen LogP contribution in [0.15, 0.2) is 24.3 Å². The zero-order chi connectivity index (χ0) is 11.1. The standard InChI is InChI=1S/C11H13FO2S/c1-2-15(13,14)11-7-10(11)8-4-3-5-9(12)6-8/h3-6,10-11H,2,7H2,1H3/t10-,11+/m1/s1. The quantitative estimate of drug-likeness (QED) is 0.794. The molecule has 0 aromatic heterocycles. The molecule has 0 amide bonds. The zero-order valence-corrected chi connectivity index (χ0v) is 9.30. The number of halogens is 1. The van der Waals surface area contributed by atoms with E-state index in [1.807, 2.05) is 0 Å². The van der Waals surface area contributed by atoms with Gasteiger partial charge in [0, 0.05) is 11.7 Å². The molecule has 1 aliphatic rings. The van der Waals surface area contributed by atoms with Gasteiger partial charge in [0.05, 0.1) is 5.25 Å². The van der Waals surface area contributed by atoms with Crippen LogP contribution in [0.4, 0.5) is 4.39 Å². The predicted octanol–water partition coefficient (Wildman–Crippen LogP) is 2.12. The van der Waals surface area contributed by atoms with Gasteiger partial charge in [-0.2, -0.15) is 0 Å². The van der Waals surface area contributed by atoms with E-state index in [4.69, 9.17) is 0 Å². The molecule has 1 aromatic carbocycles. The minimum absolute atomic E-state index is 0.00523. The van der Waals surface area contributed by atoms with Crippen molar-refractivity contribution in [1.82, 2.24) is 0 Å². The number of benzene rings is 1. The Balaban J connectivity index is 2.18. The van der Waals surface area contributed by atoms with Crippen LogP contribution < -0.4 is 0 Å². The van der Waals surface area contributed by atoms with E-state index in [2.05, 4.69) is 0 Å². The normalized spacial score (nSPS) is 25.2. The van der Waals surface area contributed by atoms with Gasteiger partial charge < -0.3 is 0 Å². The van der Waals surface area contributed by atoms with E-state index < -0.39 is 9.84 Å². The lowest BCUT2D eigenvalue weighted by Crippen LogP contribution is -2.10. The Morgan fingerprint density at radius 1 is 1.47 bits per heavy atom. The number of hydrogen-bond donors (Lipinski definition) is 0. The zero-order valence-electron chi connectivity index (χ0n) is 8.48. The van der Waals surface area contributed by atoms with E-state index in [0.717, 1.165) is 5.56 Å². The first-order valence-corrected chi connectivity index (χ1v) is 6.73. The molecule has 2 atom stereocenters. The van der Waals surface area contributed by atoms with Gasteiger partial charge in [0.1, 0.15) is 5.82 Å². The maximum absolute atomic E-state index is 12.9. The fourth-order valence-corrected chi connectivity index (χ4v) is 3.46. The van der Waals surface area contributed by atoms with E-state index in [1.54, 1.807) is 19.1 Å². The molecule has 4 heteroatoms. The van der Waals surface area contributed by atoms with Crippen molar-refractivity contribution in [1.29, 1.82) is 0 Å². The third-order valence-corrected chi connectivity index (χ3v) is 5.12. The number of rotatable bonds is 3. The molecule has 0 spiro atoms. The van der Waals surface area contributed by atoms with Gasteiger partial charge in [-0.3, -0.25) is 0 Å². The Labute approximate surface area is 89.0 Å². The minimum Gasteiger partial charge on any atom is -0.229 e. The van der Waals surface area contributed by atoms with Crippen molar-refractivity contribution in [3.63, 3.8) is 0 Å². The average Bonchev–Trinajstić information content (AvgIpc) is 2.98. The Hall–Kier alpha value is -0.900. The smallest absolute Gasteiger partial charge is 0.153 e. The summed E-state index contributed by atoms with van der Waals surface area (Å²) in [6.07, 6.45) is 0.639. The first-order valence-electron chi connectivity index (χ1n) is 5.01. The highest BCUT2D eigenvalue weighted by Gasteiger charge is 2.46. The lowest BCUT2D eigenvalue weighted by Gasteiger charge is -2.01. The highest BCUT2D eigenvalue weighted by molar-refractivity contribution is 7.92. The monoisotopic (exact) mass is 228 g/mol. The fourth-order valence-electron chi connectivity index (χ4n) is 1.87. The van der Waals surface area contributed by atoms with Gasteiger partial charge in [-0.05, 0) is 24.1 Å².